The third-order valence-electron chi connectivity index (χ3n) is 4.25. The molecule has 2 aromatic rings. The third kappa shape index (κ3) is 2.90. The Morgan fingerprint density at radius 3 is 2.95 bits per heavy atom. The van der Waals surface area contributed by atoms with Gasteiger partial charge in [0.05, 0.1) is 5.54 Å². The number of halogens is 1. The first-order valence-corrected chi connectivity index (χ1v) is 8.17. The molecule has 0 amide bonds. The molecule has 1 aromatic carbocycles. The second-order valence-electron chi connectivity index (χ2n) is 6.26. The molecule has 1 aliphatic carbocycles. The molecule has 2 atom stereocenters. The summed E-state index contributed by atoms with van der Waals surface area (Å²) in [5.74, 6) is 1.77. The van der Waals surface area contributed by atoms with E-state index in [-0.39, 0.29) is 0 Å². The number of hydrogen-bond acceptors (Lipinski definition) is 4. The molecular weight excluding hydrogens is 330 g/mol. The van der Waals surface area contributed by atoms with Crippen molar-refractivity contribution in [2.24, 2.45) is 11.7 Å². The van der Waals surface area contributed by atoms with Gasteiger partial charge in [-0.3, -0.25) is 0 Å². The zero-order valence-electron chi connectivity index (χ0n) is 12.4. The molecule has 2 N–H and O–H groups in total. The summed E-state index contributed by atoms with van der Waals surface area (Å²) in [6.07, 6.45) is 4.16. The van der Waals surface area contributed by atoms with Gasteiger partial charge in [0.2, 0.25) is 11.7 Å². The van der Waals surface area contributed by atoms with E-state index in [4.69, 9.17) is 10.3 Å². The van der Waals surface area contributed by atoms with Crippen LogP contribution in [0.3, 0.4) is 0 Å². The Labute approximate surface area is 133 Å². The van der Waals surface area contributed by atoms with Gasteiger partial charge in [-0.2, -0.15) is 4.98 Å². The molecule has 4 nitrogen and oxygen atoms in total. The minimum Gasteiger partial charge on any atom is -0.337 e. The summed E-state index contributed by atoms with van der Waals surface area (Å²) in [4.78, 5) is 4.57. The van der Waals surface area contributed by atoms with Crippen molar-refractivity contribution >= 4 is 15.9 Å². The Morgan fingerprint density at radius 1 is 1.43 bits per heavy atom. The highest BCUT2D eigenvalue weighted by Gasteiger charge is 2.38. The largest absolute Gasteiger partial charge is 0.337 e. The van der Waals surface area contributed by atoms with E-state index < -0.39 is 5.54 Å². The van der Waals surface area contributed by atoms with Crippen LogP contribution in [-0.4, -0.2) is 10.1 Å². The van der Waals surface area contributed by atoms with Crippen LogP contribution in [-0.2, 0) is 5.54 Å². The van der Waals surface area contributed by atoms with Crippen molar-refractivity contribution in [3.05, 3.63) is 34.1 Å². The summed E-state index contributed by atoms with van der Waals surface area (Å²) >= 11 is 3.56. The van der Waals surface area contributed by atoms with Gasteiger partial charge < -0.3 is 10.3 Å². The maximum atomic E-state index is 6.52. The molecule has 0 aliphatic heterocycles. The van der Waals surface area contributed by atoms with Gasteiger partial charge in [-0.1, -0.05) is 46.9 Å². The summed E-state index contributed by atoms with van der Waals surface area (Å²) in [5.41, 5.74) is 8.16. The predicted octanol–water partition coefficient (Wildman–Crippen LogP) is 4.17. The van der Waals surface area contributed by atoms with Crippen LogP contribution in [0, 0.1) is 12.8 Å². The van der Waals surface area contributed by atoms with Crippen molar-refractivity contribution in [2.75, 3.05) is 0 Å². The third-order valence-corrected chi connectivity index (χ3v) is 4.91. The van der Waals surface area contributed by atoms with E-state index in [1.54, 1.807) is 0 Å². The second-order valence-corrected chi connectivity index (χ2v) is 7.12. The van der Waals surface area contributed by atoms with Gasteiger partial charge in [0.1, 0.15) is 0 Å². The number of hydrogen-bond donors (Lipinski definition) is 1. The molecule has 5 heteroatoms. The number of aryl methyl sites for hydroxylation is 1. The lowest BCUT2D eigenvalue weighted by Gasteiger charge is -2.33. The van der Waals surface area contributed by atoms with Crippen molar-refractivity contribution in [1.82, 2.24) is 10.1 Å². The first kappa shape index (κ1) is 14.7. The van der Waals surface area contributed by atoms with E-state index >= 15 is 0 Å². The van der Waals surface area contributed by atoms with Crippen molar-refractivity contribution in [3.8, 4) is 11.4 Å². The van der Waals surface area contributed by atoms with Crippen molar-refractivity contribution in [1.29, 1.82) is 0 Å². The normalized spacial score (nSPS) is 26.0. The lowest BCUT2D eigenvalue weighted by Crippen LogP contribution is -2.41. The van der Waals surface area contributed by atoms with E-state index in [0.717, 1.165) is 29.3 Å². The number of nitrogens with zero attached hydrogens (tertiary/aromatic N) is 2. The number of aromatic nitrogens is 2. The van der Waals surface area contributed by atoms with Gasteiger partial charge >= 0.3 is 0 Å². The summed E-state index contributed by atoms with van der Waals surface area (Å²) < 4.78 is 6.46. The summed E-state index contributed by atoms with van der Waals surface area (Å²) in [6.45, 7) is 4.28. The minimum atomic E-state index is -0.472. The zero-order chi connectivity index (χ0) is 15.0. The predicted molar refractivity (Wildman–Crippen MR) is 85.7 cm³/mol. The average Bonchev–Trinajstić information content (AvgIpc) is 2.88. The van der Waals surface area contributed by atoms with E-state index in [2.05, 4.69) is 39.9 Å². The molecule has 0 bridgehead atoms. The highest BCUT2D eigenvalue weighted by Crippen LogP contribution is 2.38. The van der Waals surface area contributed by atoms with Crippen LogP contribution >= 0.6 is 15.9 Å². The molecule has 1 aromatic heterocycles. The lowest BCUT2D eigenvalue weighted by molar-refractivity contribution is 0.183. The Balaban J connectivity index is 1.92. The van der Waals surface area contributed by atoms with Crippen molar-refractivity contribution in [3.63, 3.8) is 0 Å². The van der Waals surface area contributed by atoms with E-state index in [0.29, 0.717) is 17.6 Å². The SMILES string of the molecule is Cc1ccc(-c2noc(C3(N)CCCC(C)C3)n2)c(Br)c1. The topological polar surface area (TPSA) is 64.9 Å². The van der Waals surface area contributed by atoms with Gasteiger partial charge in [-0.25, -0.2) is 0 Å². The molecule has 1 fully saturated rings. The molecule has 0 saturated heterocycles. The first-order valence-electron chi connectivity index (χ1n) is 7.37. The summed E-state index contributed by atoms with van der Waals surface area (Å²) in [5, 5.41) is 4.13. The second kappa shape index (κ2) is 5.54. The molecule has 2 unspecified atom stereocenters. The highest BCUT2D eigenvalue weighted by molar-refractivity contribution is 9.10. The molecule has 3 rings (SSSR count). The Morgan fingerprint density at radius 2 is 2.24 bits per heavy atom. The molecule has 112 valence electrons. The molecule has 21 heavy (non-hydrogen) atoms. The Hall–Kier alpha value is -1.20. The van der Waals surface area contributed by atoms with E-state index in [1.165, 1.54) is 12.0 Å². The standard InChI is InChI=1S/C16H20BrN3O/c1-10-5-6-12(13(17)8-10)14-19-15(21-20-14)16(18)7-3-4-11(2)9-16/h5-6,8,11H,3-4,7,9,18H2,1-2H3. The van der Waals surface area contributed by atoms with E-state index in [1.807, 2.05) is 18.2 Å². The lowest BCUT2D eigenvalue weighted by atomic mass is 9.77. The van der Waals surface area contributed by atoms with Crippen LogP contribution in [0.5, 0.6) is 0 Å². The summed E-state index contributed by atoms with van der Waals surface area (Å²) in [7, 11) is 0. The van der Waals surface area contributed by atoms with Crippen LogP contribution in [0.4, 0.5) is 0 Å². The van der Waals surface area contributed by atoms with Crippen molar-refractivity contribution < 1.29 is 4.52 Å². The molecular formula is C16H20BrN3O. The maximum Gasteiger partial charge on any atom is 0.247 e. The smallest absolute Gasteiger partial charge is 0.247 e. The Bertz CT molecular complexity index is 655. The van der Waals surface area contributed by atoms with E-state index in [9.17, 15) is 0 Å². The number of nitrogens with two attached hydrogens (primary N) is 1. The van der Waals surface area contributed by atoms with Gasteiger partial charge in [0.25, 0.3) is 0 Å². The number of benzene rings is 1. The van der Waals surface area contributed by atoms with Gasteiger partial charge in [0, 0.05) is 10.0 Å². The zero-order valence-corrected chi connectivity index (χ0v) is 14.0. The molecule has 0 radical (unpaired) electrons. The van der Waals surface area contributed by atoms with Gasteiger partial charge in [-0.05, 0) is 43.4 Å². The van der Waals surface area contributed by atoms with Crippen LogP contribution in [0.2, 0.25) is 0 Å². The summed E-state index contributed by atoms with van der Waals surface area (Å²) in [6, 6.07) is 6.09. The molecule has 1 heterocycles. The van der Waals surface area contributed by atoms with Gasteiger partial charge in [0.15, 0.2) is 0 Å². The highest BCUT2D eigenvalue weighted by atomic mass is 79.9. The fourth-order valence-electron chi connectivity index (χ4n) is 3.12. The van der Waals surface area contributed by atoms with Crippen LogP contribution in [0.1, 0.15) is 44.1 Å². The monoisotopic (exact) mass is 349 g/mol. The number of rotatable bonds is 2. The van der Waals surface area contributed by atoms with Gasteiger partial charge in [-0.15, -0.1) is 0 Å². The fourth-order valence-corrected chi connectivity index (χ4v) is 3.79. The maximum absolute atomic E-state index is 6.52. The average molecular weight is 350 g/mol. The van der Waals surface area contributed by atoms with Crippen LogP contribution in [0.25, 0.3) is 11.4 Å². The minimum absolute atomic E-state index is 0.472. The molecule has 0 spiro atoms. The molecule has 1 aliphatic rings. The van der Waals surface area contributed by atoms with Crippen molar-refractivity contribution in [2.45, 2.75) is 45.1 Å². The Kier molecular flexibility index (Phi) is 3.88. The van der Waals surface area contributed by atoms with Crippen LogP contribution < -0.4 is 5.73 Å². The van der Waals surface area contributed by atoms with Crippen LogP contribution in [0.15, 0.2) is 27.2 Å². The molecule has 1 saturated carbocycles. The quantitative estimate of drug-likeness (QED) is 0.883. The first-order chi connectivity index (χ1) is 9.98. The fraction of sp³-hybridized carbons (Fsp3) is 0.500.